The molecule has 0 aromatic carbocycles. The predicted octanol–water partition coefficient (Wildman–Crippen LogP) is 16.8. The first-order chi connectivity index (χ1) is 59.5. The molecule has 4 aromatic heterocycles. The Labute approximate surface area is 759 Å². The van der Waals surface area contributed by atoms with Crippen LogP contribution in [0.15, 0.2) is 70.7 Å². The van der Waals surface area contributed by atoms with Crippen LogP contribution in [0.3, 0.4) is 0 Å². The Hall–Kier alpha value is -8.91. The number of nitrogens with zero attached hydrogens (tertiary/aromatic N) is 9. The smallest absolute Gasteiger partial charge is 0.407 e. The molecule has 10 N–H and O–H groups in total. The van der Waals surface area contributed by atoms with Crippen molar-refractivity contribution in [3.8, 4) is 0 Å². The molecule has 30 nitrogen and oxygen atoms in total. The molecule has 10 heterocycles. The Morgan fingerprint density at radius 2 is 0.931 bits per heavy atom. The number of fused-ring (bicyclic) bond motifs is 12. The first-order valence-corrected chi connectivity index (χ1v) is 46.2. The van der Waals surface area contributed by atoms with Gasteiger partial charge in [0.25, 0.3) is 31.9 Å². The molecule has 0 spiro atoms. The van der Waals surface area contributed by atoms with Gasteiger partial charge in [0.1, 0.15) is 45.4 Å². The van der Waals surface area contributed by atoms with E-state index >= 15 is 0 Å². The summed E-state index contributed by atoms with van der Waals surface area (Å²) in [6.45, 7) is 33.1. The summed E-state index contributed by atoms with van der Waals surface area (Å²) >= 11 is 6.14. The molecule has 8 amide bonds. The van der Waals surface area contributed by atoms with Crippen LogP contribution in [-0.2, 0) is 29.5 Å². The largest absolute Gasteiger partial charge is 0.444 e. The molecule has 2 atom stereocenters. The number of anilines is 5. The van der Waals surface area contributed by atoms with E-state index < -0.39 is 120 Å². The number of hydrogen-bond donors (Lipinski definition) is 9. The maximum Gasteiger partial charge on any atom is 0.407 e. The van der Waals surface area contributed by atoms with Crippen LogP contribution in [0.5, 0.6) is 0 Å². The summed E-state index contributed by atoms with van der Waals surface area (Å²) in [6.07, 6.45) is -11.2. The minimum atomic E-state index is -4.40. The van der Waals surface area contributed by atoms with E-state index in [-0.39, 0.29) is 107 Å². The van der Waals surface area contributed by atoms with E-state index in [0.717, 1.165) is 86.6 Å². The van der Waals surface area contributed by atoms with Crippen molar-refractivity contribution in [2.24, 2.45) is 39.2 Å². The predicted molar refractivity (Wildman–Crippen MR) is 471 cm³/mol. The lowest BCUT2D eigenvalue weighted by atomic mass is 9.86. The number of rotatable bonds is 17. The second-order valence-electron chi connectivity index (χ2n) is 38.4. The van der Waals surface area contributed by atoms with Gasteiger partial charge in [-0.1, -0.05) is 92.0 Å². The highest BCUT2D eigenvalue weighted by atomic mass is 35.5. The number of unbranched alkanes of at least 4 members (excludes halogenated alkanes) is 2. The van der Waals surface area contributed by atoms with Gasteiger partial charge in [-0.2, -0.15) is 69.5 Å². The van der Waals surface area contributed by atoms with Crippen molar-refractivity contribution in [1.82, 2.24) is 55.1 Å². The Morgan fingerprint density at radius 1 is 0.515 bits per heavy atom. The molecule has 10 rings (SSSR count). The number of nitrogens with two attached hydrogens (primary N) is 1. The zero-order valence-corrected chi connectivity index (χ0v) is 79.6. The van der Waals surface area contributed by atoms with Gasteiger partial charge in [-0.05, 0) is 200 Å². The van der Waals surface area contributed by atoms with Crippen LogP contribution < -0.4 is 56.5 Å². The van der Waals surface area contributed by atoms with E-state index in [1.54, 1.807) is 45.0 Å². The quantitative estimate of drug-likeness (QED) is 0.0269. The molecule has 0 aliphatic carbocycles. The lowest BCUT2D eigenvalue weighted by Crippen LogP contribution is -2.41. The van der Waals surface area contributed by atoms with Gasteiger partial charge in [-0.15, -0.1) is 0 Å². The van der Waals surface area contributed by atoms with Crippen molar-refractivity contribution >= 4 is 96.8 Å². The number of carbonyl (C=O) groups is 6. The Bertz CT molecular complexity index is 4690. The van der Waals surface area contributed by atoms with Crippen molar-refractivity contribution in [1.29, 1.82) is 0 Å². The maximum atomic E-state index is 13.6. The normalized spacial score (nSPS) is 18.9. The summed E-state index contributed by atoms with van der Waals surface area (Å²) in [5.74, 6) is 0.760. The van der Waals surface area contributed by atoms with Gasteiger partial charge < -0.3 is 66.5 Å². The molecule has 4 fully saturated rings. The van der Waals surface area contributed by atoms with E-state index in [4.69, 9.17) is 36.9 Å². The molecule has 130 heavy (non-hydrogen) atoms. The topological polar surface area (TPSA) is 387 Å². The summed E-state index contributed by atoms with van der Waals surface area (Å²) in [4.78, 5) is 98.8. The van der Waals surface area contributed by atoms with Crippen molar-refractivity contribution < 1.29 is 113 Å². The fourth-order valence-corrected chi connectivity index (χ4v) is 16.0. The van der Waals surface area contributed by atoms with Gasteiger partial charge >= 0.3 is 49.0 Å². The third kappa shape index (κ3) is 33.7. The monoisotopic (exact) mass is 1920 g/mol. The molecule has 6 aliphatic rings. The molecule has 0 saturated carbocycles. The number of pyridine rings is 4. The van der Waals surface area contributed by atoms with Crippen LogP contribution in [0.25, 0.3) is 0 Å². The lowest BCUT2D eigenvalue weighted by Gasteiger charge is -2.34. The van der Waals surface area contributed by atoms with E-state index in [1.165, 1.54) is 64.9 Å². The van der Waals surface area contributed by atoms with Crippen molar-refractivity contribution in [3.63, 3.8) is 0 Å². The van der Waals surface area contributed by atoms with E-state index in [0.29, 0.717) is 95.0 Å². The highest BCUT2D eigenvalue weighted by Crippen LogP contribution is 2.46. The second-order valence-corrected chi connectivity index (χ2v) is 42.0. The number of hydrogen-bond acceptors (Lipinski definition) is 22. The number of amides is 8. The molecule has 0 unspecified atom stereocenters. The zero-order chi connectivity index (χ0) is 98.6. The number of aliphatic hydroxyl groups is 1. The number of halogens is 13. The SMILES string of the molecule is CC(C)(C)OC(=O)NCCCCCC(C)(C)C(F)(F)F.CC(C)(C)OC(=O)NCCN.CC(C)(CCN1CCNC1=O)C(F)(F)F.CC(C)(CCO)C(F)(F)F.CC1(C)C[C@@H]2CCCNc3cccc(n3)S(=O)(=O)NC(=O)c3ccc(Cl)nc3N1C2.CC1(C)C[C@@H]2CCCNc3cccc(n3)S(=O)(=O)NC(=O)c3ccc(N4CCN(CCC(C)(C)C(F)(F)F)C4=O)nc3N1C2. The number of aromatic nitrogens is 4. The van der Waals surface area contributed by atoms with Crippen LogP contribution in [-0.4, -0.2) is 226 Å². The number of ether oxygens (including phenoxy) is 2. The number of carbonyl (C=O) groups excluding carboxylic acids is 6. The molecular weight excluding hydrogens is 1790 g/mol. The first kappa shape index (κ1) is 112. The van der Waals surface area contributed by atoms with Crippen molar-refractivity contribution in [3.05, 3.63) is 76.9 Å². The number of nitrogens with one attached hydrogen (secondary N) is 7. The van der Waals surface area contributed by atoms with Crippen molar-refractivity contribution in [2.45, 2.75) is 265 Å². The molecule has 6 aliphatic heterocycles. The molecule has 4 aromatic rings. The lowest BCUT2D eigenvalue weighted by molar-refractivity contribution is -0.215. The van der Waals surface area contributed by atoms with Gasteiger partial charge in [-0.3, -0.25) is 14.5 Å². The fraction of sp³-hybridized carbons (Fsp3) is 0.694. The van der Waals surface area contributed by atoms with E-state index in [1.807, 2.05) is 39.5 Å². The number of urea groups is 2. The number of aliphatic hydroxyl groups excluding tert-OH is 1. The van der Waals surface area contributed by atoms with Gasteiger partial charge in [0, 0.05) is 103 Å². The zero-order valence-electron chi connectivity index (χ0n) is 77.2. The van der Waals surface area contributed by atoms with Gasteiger partial charge in [-0.25, -0.2) is 48.6 Å². The molecular formula is C85H130ClF12N17O13S2. The highest BCUT2D eigenvalue weighted by Gasteiger charge is 2.51. The van der Waals surface area contributed by atoms with Gasteiger partial charge in [0.2, 0.25) is 0 Å². The van der Waals surface area contributed by atoms with Crippen molar-refractivity contribution in [2.75, 3.05) is 117 Å². The van der Waals surface area contributed by atoms with Gasteiger partial charge in [0.15, 0.2) is 10.1 Å². The minimum absolute atomic E-state index is 0.0191. The Kier molecular flexibility index (Phi) is 38.8. The molecule has 8 bridgehead atoms. The second kappa shape index (κ2) is 45.2. The summed E-state index contributed by atoms with van der Waals surface area (Å²) < 4.78 is 217. The standard InChI is InChI=1S/C29H38F3N7O4S.C20H24ClN5O3S.C14H26F3NO2.C9H15F3N2O.C7H16N2O2.C6H11F3O/c1-27(2,29(30,31)32)12-14-37-15-16-38(26(37)41)22-11-10-20-24(35-22)39-18-19(17-28(39,3)4)7-6-13-33-21-8-5-9-23(34-21)44(42,43)36-25(20)40;1-20(2)11-13-5-4-10-22-16-6-3-7-17(24-16)30(28,29)25-19(27)14-8-9-15(21)23-18(14)26(20)12-13;1-12(2,3)20-11(19)18-10-8-6-7-9-13(4,5)14(15,16)17;1-8(2,9(10,11)12)3-5-14-6-4-13-7(14)15;1-7(2,3)11-6(10)9-5-4-8;1-5(2,3-4-10)6(7,8)9/h5,8-11,19H,6-7,12-18H2,1-4H3,(H,33,34)(H,36,40);3,6-9,13H,4-5,10-12H2,1-2H3,(H,22,24)(H,25,27);6-10H2,1-5H3,(H,18,19);3-6H2,1-2H3,(H,13,15);4-5,8H2,1-3H3,(H,9,10);10H,3-4H2,1-2H3/t19-;13-;;;;/m00..../s1. The van der Waals surface area contributed by atoms with E-state index in [2.05, 4.69) is 69.7 Å². The summed E-state index contributed by atoms with van der Waals surface area (Å²) in [7, 11) is -8.49. The summed E-state index contributed by atoms with van der Waals surface area (Å²) in [5.41, 5.74) is -3.40. The fourth-order valence-electron chi connectivity index (χ4n) is 13.9. The average molecular weight is 1930 g/mol. The first-order valence-electron chi connectivity index (χ1n) is 42.9. The Morgan fingerprint density at radius 3 is 1.34 bits per heavy atom. The molecule has 0 radical (unpaired) electrons. The molecule has 736 valence electrons. The average Bonchev–Trinajstić information content (AvgIpc) is 1.57. The minimum Gasteiger partial charge on any atom is -0.444 e. The maximum absolute atomic E-state index is 13.6. The molecule has 45 heteroatoms. The number of sulfonamides is 2. The third-order valence-corrected chi connectivity index (χ3v) is 25.0. The number of alkyl halides is 12. The number of alkyl carbamates (subject to hydrolysis) is 2. The van der Waals surface area contributed by atoms with Gasteiger partial charge in [0.05, 0.1) is 32.8 Å². The summed E-state index contributed by atoms with van der Waals surface area (Å²) in [5, 5.41) is 22.0. The third-order valence-electron chi connectivity index (χ3n) is 22.4. The van der Waals surface area contributed by atoms with Crippen LogP contribution in [0, 0.1) is 33.5 Å². The highest BCUT2D eigenvalue weighted by molar-refractivity contribution is 7.90. The van der Waals surface area contributed by atoms with Crippen LogP contribution in [0.1, 0.15) is 229 Å². The van der Waals surface area contributed by atoms with E-state index in [9.17, 15) is 98.3 Å². The van der Waals surface area contributed by atoms with Crippen LogP contribution in [0.4, 0.5) is 101 Å². The Balaban J connectivity index is 0.000000302. The molecule has 4 saturated heterocycles. The van der Waals surface area contributed by atoms with Crippen LogP contribution in [0.2, 0.25) is 5.15 Å². The summed E-state index contributed by atoms with van der Waals surface area (Å²) in [6, 6.07) is 14.3. The van der Waals surface area contributed by atoms with Crippen LogP contribution >= 0.6 is 11.6 Å².